The molecule has 0 radical (unpaired) electrons. The van der Waals surface area contributed by atoms with Gasteiger partial charge in [-0.25, -0.2) is 4.79 Å². The molecule has 0 unspecified atom stereocenters. The van der Waals surface area contributed by atoms with Gasteiger partial charge < -0.3 is 9.84 Å². The van der Waals surface area contributed by atoms with Crippen molar-refractivity contribution in [3.63, 3.8) is 0 Å². The lowest BCUT2D eigenvalue weighted by Crippen LogP contribution is -2.03. The van der Waals surface area contributed by atoms with Gasteiger partial charge in [0.2, 0.25) is 0 Å². The molecule has 4 nitrogen and oxygen atoms in total. The van der Waals surface area contributed by atoms with Gasteiger partial charge in [0.15, 0.2) is 5.78 Å². The molecule has 0 saturated heterocycles. The molecule has 0 aromatic heterocycles. The number of rotatable bonds is 7. The molecule has 0 amide bonds. The number of hydrogen-bond donors (Lipinski definition) is 1. The summed E-state index contributed by atoms with van der Waals surface area (Å²) in [6.07, 6.45) is 3.37. The number of carbonyl (C=O) groups is 2. The third-order valence-corrected chi connectivity index (χ3v) is 3.17. The predicted octanol–water partition coefficient (Wildman–Crippen LogP) is 2.86. The molecule has 2 aromatic rings. The first kappa shape index (κ1) is 16.6. The molecule has 0 aliphatic carbocycles. The number of esters is 1. The molecule has 1 N–H and O–H groups in total. The van der Waals surface area contributed by atoms with Crippen molar-refractivity contribution in [1.82, 2.24) is 0 Å². The van der Waals surface area contributed by atoms with Crippen LogP contribution in [0.3, 0.4) is 0 Å². The number of ether oxygens (including phenoxy) is 1. The van der Waals surface area contributed by atoms with Crippen LogP contribution < -0.4 is 0 Å². The molecule has 118 valence electrons. The third kappa shape index (κ3) is 5.20. The Morgan fingerprint density at radius 3 is 2.26 bits per heavy atom. The molecule has 4 heteroatoms. The third-order valence-electron chi connectivity index (χ3n) is 3.17. The van der Waals surface area contributed by atoms with Crippen LogP contribution in [0.5, 0.6) is 0 Å². The van der Waals surface area contributed by atoms with Gasteiger partial charge in [0.25, 0.3) is 0 Å². The predicted molar refractivity (Wildman–Crippen MR) is 88.0 cm³/mol. The Kier molecular flexibility index (Phi) is 6.27. The second kappa shape index (κ2) is 8.66. The van der Waals surface area contributed by atoms with Gasteiger partial charge in [-0.15, -0.1) is 0 Å². The summed E-state index contributed by atoms with van der Waals surface area (Å²) < 4.78 is 4.88. The van der Waals surface area contributed by atoms with Crippen LogP contribution in [0.4, 0.5) is 0 Å². The van der Waals surface area contributed by atoms with E-state index in [9.17, 15) is 9.59 Å². The minimum absolute atomic E-state index is 0.00605. The molecular formula is C19H18O4. The van der Waals surface area contributed by atoms with Gasteiger partial charge in [0.1, 0.15) is 0 Å². The minimum Gasteiger partial charge on any atom is -0.462 e. The summed E-state index contributed by atoms with van der Waals surface area (Å²) in [7, 11) is 0. The Labute approximate surface area is 135 Å². The fourth-order valence-electron chi connectivity index (χ4n) is 1.95. The lowest BCUT2D eigenvalue weighted by atomic mass is 10.0. The van der Waals surface area contributed by atoms with Crippen LogP contribution >= 0.6 is 0 Å². The van der Waals surface area contributed by atoms with Gasteiger partial charge in [0.05, 0.1) is 6.61 Å². The fourth-order valence-corrected chi connectivity index (χ4v) is 1.95. The standard InChI is InChI=1S/C19H18O4/c20-13-4-14-23-18(21)12-9-15-7-10-17(11-8-15)19(22)16-5-2-1-3-6-16/h1-3,5-12,20H,4,13-14H2. The monoisotopic (exact) mass is 310 g/mol. The molecule has 0 heterocycles. The van der Waals surface area contributed by atoms with Gasteiger partial charge in [-0.1, -0.05) is 54.6 Å². The Morgan fingerprint density at radius 1 is 0.957 bits per heavy atom. The zero-order valence-corrected chi connectivity index (χ0v) is 12.6. The summed E-state index contributed by atoms with van der Waals surface area (Å²) in [4.78, 5) is 23.7. The highest BCUT2D eigenvalue weighted by atomic mass is 16.5. The van der Waals surface area contributed by atoms with Gasteiger partial charge in [-0.3, -0.25) is 4.79 Å². The van der Waals surface area contributed by atoms with Crippen molar-refractivity contribution in [2.45, 2.75) is 6.42 Å². The molecule has 0 atom stereocenters. The molecule has 0 saturated carbocycles. The number of aliphatic hydroxyl groups excluding tert-OH is 1. The van der Waals surface area contributed by atoms with Crippen molar-refractivity contribution in [2.24, 2.45) is 0 Å². The molecule has 0 fully saturated rings. The van der Waals surface area contributed by atoms with Crippen molar-refractivity contribution in [2.75, 3.05) is 13.2 Å². The van der Waals surface area contributed by atoms with Crippen LogP contribution in [0.2, 0.25) is 0 Å². The molecule has 0 bridgehead atoms. The first-order chi connectivity index (χ1) is 11.2. The van der Waals surface area contributed by atoms with E-state index >= 15 is 0 Å². The Balaban J connectivity index is 1.97. The molecule has 0 spiro atoms. The second-order valence-electron chi connectivity index (χ2n) is 4.90. The Hall–Kier alpha value is -2.72. The van der Waals surface area contributed by atoms with Crippen LogP contribution in [0.1, 0.15) is 27.9 Å². The average Bonchev–Trinajstić information content (AvgIpc) is 2.61. The summed E-state index contributed by atoms with van der Waals surface area (Å²) in [6, 6.07) is 16.1. The Morgan fingerprint density at radius 2 is 1.61 bits per heavy atom. The normalized spacial score (nSPS) is 10.7. The van der Waals surface area contributed by atoms with E-state index in [1.54, 1.807) is 42.5 Å². The highest BCUT2D eigenvalue weighted by molar-refractivity contribution is 6.09. The van der Waals surface area contributed by atoms with Crippen LogP contribution in [-0.4, -0.2) is 30.1 Å². The van der Waals surface area contributed by atoms with E-state index in [0.29, 0.717) is 17.5 Å². The zero-order valence-electron chi connectivity index (χ0n) is 12.6. The van der Waals surface area contributed by atoms with E-state index in [1.807, 2.05) is 18.2 Å². The van der Waals surface area contributed by atoms with Crippen molar-refractivity contribution >= 4 is 17.8 Å². The number of hydrogen-bond acceptors (Lipinski definition) is 4. The highest BCUT2D eigenvalue weighted by Crippen LogP contribution is 2.12. The van der Waals surface area contributed by atoms with Crippen molar-refractivity contribution in [3.05, 3.63) is 77.4 Å². The number of aliphatic hydroxyl groups is 1. The highest BCUT2D eigenvalue weighted by Gasteiger charge is 2.07. The summed E-state index contributed by atoms with van der Waals surface area (Å²) in [5.74, 6) is -0.493. The van der Waals surface area contributed by atoms with Gasteiger partial charge in [0, 0.05) is 30.2 Å². The Bertz CT molecular complexity index is 672. The number of carbonyl (C=O) groups excluding carboxylic acids is 2. The quantitative estimate of drug-likeness (QED) is 0.370. The maximum absolute atomic E-state index is 12.3. The van der Waals surface area contributed by atoms with Gasteiger partial charge in [-0.2, -0.15) is 0 Å². The topological polar surface area (TPSA) is 63.6 Å². The first-order valence-corrected chi connectivity index (χ1v) is 7.36. The summed E-state index contributed by atoms with van der Waals surface area (Å²) in [5.41, 5.74) is 2.04. The summed E-state index contributed by atoms with van der Waals surface area (Å²) in [6.45, 7) is 0.193. The molecule has 0 aliphatic heterocycles. The molecule has 2 aromatic carbocycles. The van der Waals surface area contributed by atoms with E-state index in [1.165, 1.54) is 6.08 Å². The second-order valence-corrected chi connectivity index (χ2v) is 4.90. The number of ketones is 1. The molecule has 0 aliphatic rings. The van der Waals surface area contributed by atoms with Crippen LogP contribution in [-0.2, 0) is 9.53 Å². The lowest BCUT2D eigenvalue weighted by molar-refractivity contribution is -0.137. The maximum Gasteiger partial charge on any atom is 0.330 e. The van der Waals surface area contributed by atoms with E-state index in [2.05, 4.69) is 0 Å². The van der Waals surface area contributed by atoms with Crippen LogP contribution in [0.25, 0.3) is 6.08 Å². The van der Waals surface area contributed by atoms with E-state index in [4.69, 9.17) is 9.84 Å². The number of benzene rings is 2. The van der Waals surface area contributed by atoms with Crippen molar-refractivity contribution < 1.29 is 19.4 Å². The van der Waals surface area contributed by atoms with Crippen molar-refractivity contribution in [1.29, 1.82) is 0 Å². The van der Waals surface area contributed by atoms with Crippen molar-refractivity contribution in [3.8, 4) is 0 Å². The molecule has 23 heavy (non-hydrogen) atoms. The molecule has 2 rings (SSSR count). The van der Waals surface area contributed by atoms with Gasteiger partial charge >= 0.3 is 5.97 Å². The minimum atomic E-state index is -0.456. The smallest absolute Gasteiger partial charge is 0.330 e. The van der Waals surface area contributed by atoms with E-state index < -0.39 is 5.97 Å². The maximum atomic E-state index is 12.3. The zero-order chi connectivity index (χ0) is 16.5. The van der Waals surface area contributed by atoms with E-state index in [-0.39, 0.29) is 19.0 Å². The van der Waals surface area contributed by atoms with Crippen LogP contribution in [0, 0.1) is 0 Å². The van der Waals surface area contributed by atoms with E-state index in [0.717, 1.165) is 5.56 Å². The molecular weight excluding hydrogens is 292 g/mol. The lowest BCUT2D eigenvalue weighted by Gasteiger charge is -2.02. The first-order valence-electron chi connectivity index (χ1n) is 7.36. The van der Waals surface area contributed by atoms with Crippen LogP contribution in [0.15, 0.2) is 60.7 Å². The average molecular weight is 310 g/mol. The van der Waals surface area contributed by atoms with Gasteiger partial charge in [-0.05, 0) is 11.6 Å². The largest absolute Gasteiger partial charge is 0.462 e. The summed E-state index contributed by atoms with van der Waals surface area (Å²) >= 11 is 0. The summed E-state index contributed by atoms with van der Waals surface area (Å²) in [5, 5.41) is 8.60. The SMILES string of the molecule is O=C(C=Cc1ccc(C(=O)c2ccccc2)cc1)OCCCO. The fraction of sp³-hybridized carbons (Fsp3) is 0.158.